The minimum Gasteiger partial charge on any atom is -0.496 e. The number of benzene rings is 2. The van der Waals surface area contributed by atoms with Gasteiger partial charge in [-0.3, -0.25) is 25.2 Å². The van der Waals surface area contributed by atoms with E-state index in [9.17, 15) is 14.4 Å². The maximum atomic E-state index is 11.9. The minimum atomic E-state index is -0.456. The molecule has 29 heavy (non-hydrogen) atoms. The summed E-state index contributed by atoms with van der Waals surface area (Å²) in [4.78, 5) is 35.3. The highest BCUT2D eigenvalue weighted by Gasteiger charge is 2.10. The number of hydrazine groups is 1. The third kappa shape index (κ3) is 7.15. The molecule has 2 aromatic carbocycles. The number of ketones is 1. The number of para-hydroxylation sites is 1. The van der Waals surface area contributed by atoms with Gasteiger partial charge in [-0.05, 0) is 43.7 Å². The third-order valence-electron chi connectivity index (χ3n) is 3.97. The second kappa shape index (κ2) is 11.1. The lowest BCUT2D eigenvalue weighted by Gasteiger charge is -2.11. The summed E-state index contributed by atoms with van der Waals surface area (Å²) < 4.78 is 10.7. The van der Waals surface area contributed by atoms with Crippen molar-refractivity contribution < 1.29 is 23.9 Å². The molecule has 0 saturated heterocycles. The highest BCUT2D eigenvalue weighted by molar-refractivity contribution is 7.99. The molecule has 2 N–H and O–H groups in total. The first-order valence-corrected chi connectivity index (χ1v) is 10.1. The Hall–Kier alpha value is -3.00. The molecule has 0 aromatic heterocycles. The zero-order valence-electron chi connectivity index (χ0n) is 16.6. The SMILES string of the molecule is COc1ccc(C(C)=O)cc1CSCC(=O)NNC(=O)COc1ccccc1C. The van der Waals surface area contributed by atoms with Crippen LogP contribution in [0.2, 0.25) is 0 Å². The number of methoxy groups -OCH3 is 1. The quantitative estimate of drug-likeness (QED) is 0.482. The molecule has 0 radical (unpaired) electrons. The fraction of sp³-hybridized carbons (Fsp3) is 0.286. The van der Waals surface area contributed by atoms with Crippen molar-refractivity contribution in [1.82, 2.24) is 10.9 Å². The summed E-state index contributed by atoms with van der Waals surface area (Å²) in [5.41, 5.74) is 7.01. The van der Waals surface area contributed by atoms with Crippen molar-refractivity contribution in [1.29, 1.82) is 0 Å². The molecule has 0 heterocycles. The molecule has 2 aromatic rings. The van der Waals surface area contributed by atoms with Gasteiger partial charge in [-0.2, -0.15) is 0 Å². The van der Waals surface area contributed by atoms with Crippen molar-refractivity contribution >= 4 is 29.4 Å². The fourth-order valence-electron chi connectivity index (χ4n) is 2.44. The van der Waals surface area contributed by atoms with Crippen molar-refractivity contribution in [2.45, 2.75) is 19.6 Å². The molecular formula is C21H24N2O5S. The fourth-order valence-corrected chi connectivity index (χ4v) is 3.24. The molecule has 0 aliphatic rings. The van der Waals surface area contributed by atoms with Gasteiger partial charge in [0.05, 0.1) is 12.9 Å². The number of ether oxygens (including phenoxy) is 2. The van der Waals surface area contributed by atoms with Crippen LogP contribution in [0.4, 0.5) is 0 Å². The van der Waals surface area contributed by atoms with Crippen LogP contribution in [0.5, 0.6) is 11.5 Å². The van der Waals surface area contributed by atoms with E-state index in [0.717, 1.165) is 11.1 Å². The van der Waals surface area contributed by atoms with Gasteiger partial charge in [0.2, 0.25) is 5.91 Å². The maximum absolute atomic E-state index is 11.9. The Morgan fingerprint density at radius 1 is 1.00 bits per heavy atom. The molecule has 0 fully saturated rings. The average molecular weight is 416 g/mol. The van der Waals surface area contributed by atoms with Gasteiger partial charge in [0.25, 0.3) is 5.91 Å². The number of aryl methyl sites for hydroxylation is 1. The molecule has 0 aliphatic carbocycles. The lowest BCUT2D eigenvalue weighted by molar-refractivity contribution is -0.128. The summed E-state index contributed by atoms with van der Waals surface area (Å²) in [6.45, 7) is 3.18. The Balaban J connectivity index is 1.73. The lowest BCUT2D eigenvalue weighted by atomic mass is 10.1. The van der Waals surface area contributed by atoms with E-state index in [1.54, 1.807) is 31.4 Å². The van der Waals surface area contributed by atoms with Crippen LogP contribution >= 0.6 is 11.8 Å². The molecule has 154 valence electrons. The third-order valence-corrected chi connectivity index (χ3v) is 4.95. The Bertz CT molecular complexity index is 885. The predicted octanol–water partition coefficient (Wildman–Crippen LogP) is 2.67. The number of amides is 2. The Morgan fingerprint density at radius 3 is 2.41 bits per heavy atom. The summed E-state index contributed by atoms with van der Waals surface area (Å²) >= 11 is 1.34. The van der Waals surface area contributed by atoms with Crippen LogP contribution in [0.25, 0.3) is 0 Å². The summed E-state index contributed by atoms with van der Waals surface area (Å²) in [5.74, 6) is 1.06. The van der Waals surface area contributed by atoms with Crippen LogP contribution in [-0.2, 0) is 15.3 Å². The first-order chi connectivity index (χ1) is 13.9. The van der Waals surface area contributed by atoms with Gasteiger partial charge in [0, 0.05) is 16.9 Å². The van der Waals surface area contributed by atoms with E-state index in [1.807, 2.05) is 25.1 Å². The number of nitrogens with one attached hydrogen (secondary N) is 2. The number of carbonyl (C=O) groups excluding carboxylic acids is 3. The van der Waals surface area contributed by atoms with E-state index >= 15 is 0 Å². The van der Waals surface area contributed by atoms with Crippen LogP contribution in [0.1, 0.15) is 28.4 Å². The van der Waals surface area contributed by atoms with Gasteiger partial charge >= 0.3 is 0 Å². The summed E-state index contributed by atoms with van der Waals surface area (Å²) in [6.07, 6.45) is 0. The Morgan fingerprint density at radius 2 is 1.72 bits per heavy atom. The summed E-state index contributed by atoms with van der Waals surface area (Å²) in [5, 5.41) is 0. The van der Waals surface area contributed by atoms with Crippen molar-refractivity contribution in [3.63, 3.8) is 0 Å². The largest absolute Gasteiger partial charge is 0.496 e. The number of hydrogen-bond acceptors (Lipinski definition) is 6. The molecule has 0 atom stereocenters. The first-order valence-electron chi connectivity index (χ1n) is 8.92. The number of carbonyl (C=O) groups is 3. The maximum Gasteiger partial charge on any atom is 0.276 e. The van der Waals surface area contributed by atoms with Crippen molar-refractivity contribution in [2.24, 2.45) is 0 Å². The molecule has 2 rings (SSSR count). The highest BCUT2D eigenvalue weighted by atomic mass is 32.2. The smallest absolute Gasteiger partial charge is 0.276 e. The molecule has 8 heteroatoms. The number of hydrogen-bond donors (Lipinski definition) is 2. The first kappa shape index (κ1) is 22.3. The lowest BCUT2D eigenvalue weighted by Crippen LogP contribution is -2.44. The molecule has 0 saturated carbocycles. The Labute approximate surface area is 174 Å². The van der Waals surface area contributed by atoms with Crippen LogP contribution in [0, 0.1) is 6.92 Å². The van der Waals surface area contributed by atoms with Gasteiger partial charge in [-0.15, -0.1) is 11.8 Å². The van der Waals surface area contributed by atoms with Crippen molar-refractivity contribution in [2.75, 3.05) is 19.5 Å². The molecule has 0 unspecified atom stereocenters. The van der Waals surface area contributed by atoms with Gasteiger partial charge in [-0.1, -0.05) is 18.2 Å². The second-order valence-electron chi connectivity index (χ2n) is 6.23. The van der Waals surface area contributed by atoms with Crippen molar-refractivity contribution in [3.8, 4) is 11.5 Å². The van der Waals surface area contributed by atoms with E-state index in [-0.39, 0.29) is 24.1 Å². The van der Waals surface area contributed by atoms with Crippen LogP contribution in [0.15, 0.2) is 42.5 Å². The number of Topliss-reactive ketones (excluding diaryl/α,β-unsaturated/α-hetero) is 1. The molecule has 0 bridgehead atoms. The van der Waals surface area contributed by atoms with E-state index in [4.69, 9.17) is 9.47 Å². The van der Waals surface area contributed by atoms with Crippen LogP contribution in [0.3, 0.4) is 0 Å². The van der Waals surface area contributed by atoms with E-state index in [2.05, 4.69) is 10.9 Å². The zero-order chi connectivity index (χ0) is 21.2. The standard InChI is InChI=1S/C21H24N2O5S/c1-14-6-4-5-7-18(14)28-11-20(25)22-23-21(26)13-29-12-17-10-16(15(2)24)8-9-19(17)27-3/h4-10H,11-13H2,1-3H3,(H,22,25)(H,23,26). The van der Waals surface area contributed by atoms with Gasteiger partial charge in [-0.25, -0.2) is 0 Å². The average Bonchev–Trinajstić information content (AvgIpc) is 2.71. The monoisotopic (exact) mass is 416 g/mol. The van der Waals surface area contributed by atoms with E-state index < -0.39 is 5.91 Å². The van der Waals surface area contributed by atoms with E-state index in [1.165, 1.54) is 18.7 Å². The topological polar surface area (TPSA) is 93.7 Å². The number of thioether (sulfide) groups is 1. The predicted molar refractivity (Wildman–Crippen MR) is 112 cm³/mol. The summed E-state index contributed by atoms with van der Waals surface area (Å²) in [7, 11) is 1.55. The van der Waals surface area contributed by atoms with Gasteiger partial charge in [0.15, 0.2) is 12.4 Å². The highest BCUT2D eigenvalue weighted by Crippen LogP contribution is 2.24. The van der Waals surface area contributed by atoms with E-state index in [0.29, 0.717) is 22.8 Å². The molecule has 2 amide bonds. The zero-order valence-corrected chi connectivity index (χ0v) is 17.4. The van der Waals surface area contributed by atoms with Gasteiger partial charge < -0.3 is 9.47 Å². The molecule has 7 nitrogen and oxygen atoms in total. The molecule has 0 aliphatic heterocycles. The van der Waals surface area contributed by atoms with Crippen molar-refractivity contribution in [3.05, 3.63) is 59.2 Å². The molecular weight excluding hydrogens is 392 g/mol. The minimum absolute atomic E-state index is 0.0349. The molecule has 0 spiro atoms. The van der Waals surface area contributed by atoms with Crippen LogP contribution in [-0.4, -0.2) is 37.1 Å². The van der Waals surface area contributed by atoms with Crippen LogP contribution < -0.4 is 20.3 Å². The van der Waals surface area contributed by atoms with Gasteiger partial charge in [0.1, 0.15) is 11.5 Å². The Kier molecular flexibility index (Phi) is 8.54. The second-order valence-corrected chi connectivity index (χ2v) is 7.21. The normalized spacial score (nSPS) is 10.2. The number of rotatable bonds is 9. The summed E-state index contributed by atoms with van der Waals surface area (Å²) in [6, 6.07) is 12.6.